The highest BCUT2D eigenvalue weighted by Crippen LogP contribution is 2.39. The summed E-state index contributed by atoms with van der Waals surface area (Å²) in [6, 6.07) is 13.8. The van der Waals surface area contributed by atoms with Gasteiger partial charge in [0.15, 0.2) is 0 Å². The Labute approximate surface area is 202 Å². The summed E-state index contributed by atoms with van der Waals surface area (Å²) >= 11 is 0. The van der Waals surface area contributed by atoms with Gasteiger partial charge >= 0.3 is 0 Å². The highest BCUT2D eigenvalue weighted by Gasteiger charge is 2.31. The maximum atomic E-state index is 13.6. The quantitative estimate of drug-likeness (QED) is 0.418. The third-order valence-electron chi connectivity index (χ3n) is 5.93. The Balaban J connectivity index is 1.57. The Morgan fingerprint density at radius 3 is 2.74 bits per heavy atom. The van der Waals surface area contributed by atoms with Gasteiger partial charge in [0.2, 0.25) is 11.8 Å². The Kier molecular flexibility index (Phi) is 6.10. The fourth-order valence-corrected chi connectivity index (χ4v) is 4.32. The molecular weight excluding hydrogens is 445 g/mol. The van der Waals surface area contributed by atoms with E-state index in [0.717, 1.165) is 41.3 Å². The number of anilines is 1. The lowest BCUT2D eigenvalue weighted by Crippen LogP contribution is -2.16. The highest BCUT2D eigenvalue weighted by molar-refractivity contribution is 5.78. The van der Waals surface area contributed by atoms with E-state index in [1.54, 1.807) is 30.5 Å². The molecule has 0 saturated heterocycles. The van der Waals surface area contributed by atoms with Gasteiger partial charge in [-0.2, -0.15) is 5.26 Å². The van der Waals surface area contributed by atoms with Crippen LogP contribution < -0.4 is 10.1 Å². The zero-order valence-corrected chi connectivity index (χ0v) is 19.5. The summed E-state index contributed by atoms with van der Waals surface area (Å²) in [6.07, 6.45) is 3.31. The molecule has 0 radical (unpaired) electrons. The van der Waals surface area contributed by atoms with Gasteiger partial charge in [0.25, 0.3) is 0 Å². The number of nitrogens with zero attached hydrogens (tertiary/aromatic N) is 6. The molecule has 1 aromatic carbocycles. The minimum Gasteiger partial charge on any atom is -0.475 e. The van der Waals surface area contributed by atoms with Crippen molar-refractivity contribution in [3.8, 4) is 34.6 Å². The van der Waals surface area contributed by atoms with Crippen LogP contribution in [0.15, 0.2) is 48.7 Å². The van der Waals surface area contributed by atoms with Gasteiger partial charge in [0.05, 0.1) is 23.1 Å². The molecule has 4 heterocycles. The monoisotopic (exact) mass is 469 g/mol. The van der Waals surface area contributed by atoms with E-state index in [2.05, 4.69) is 25.9 Å². The number of hydrogen-bond acceptors (Lipinski definition) is 7. The van der Waals surface area contributed by atoms with E-state index in [9.17, 15) is 9.65 Å². The molecule has 35 heavy (non-hydrogen) atoms. The summed E-state index contributed by atoms with van der Waals surface area (Å²) in [5, 5.41) is 12.6. The van der Waals surface area contributed by atoms with Crippen LogP contribution in [0.3, 0.4) is 0 Å². The number of nitrogens with one attached hydrogen (secondary N) is 1. The molecule has 0 spiro atoms. The summed E-state index contributed by atoms with van der Waals surface area (Å²) in [5.41, 5.74) is 4.27. The highest BCUT2D eigenvalue weighted by atomic mass is 19.1. The van der Waals surface area contributed by atoms with Crippen molar-refractivity contribution < 1.29 is 9.13 Å². The van der Waals surface area contributed by atoms with Crippen LogP contribution in [0.2, 0.25) is 0 Å². The number of aryl methyl sites for hydroxylation is 2. The maximum absolute atomic E-state index is 13.6. The lowest BCUT2D eigenvalue weighted by molar-refractivity contribution is 0.246. The summed E-state index contributed by atoms with van der Waals surface area (Å²) in [4.78, 5) is 18.4. The second-order valence-electron chi connectivity index (χ2n) is 8.32. The standard InChI is InChI=1S/C26H24FN7O/c1-3-29-26-30-13-12-21(32-26)24-23(17-6-8-19(27)9-7-17)33-22-11-10-20(34(22)24)15-35-25-18(14-28)5-4-16(2)31-25/h4-9,12-13,20H,3,10-11,15H2,1-2H3,(H,29,30,32). The van der Waals surface area contributed by atoms with E-state index < -0.39 is 0 Å². The molecule has 4 aromatic rings. The number of fused-ring (bicyclic) bond motifs is 1. The minimum absolute atomic E-state index is 0.0342. The number of nitriles is 1. The predicted molar refractivity (Wildman–Crippen MR) is 129 cm³/mol. The Bertz CT molecular complexity index is 1410. The van der Waals surface area contributed by atoms with Crippen LogP contribution >= 0.6 is 0 Å². The fraction of sp³-hybridized carbons (Fsp3) is 0.269. The smallest absolute Gasteiger partial charge is 0.231 e. The van der Waals surface area contributed by atoms with Crippen LogP contribution in [0.5, 0.6) is 5.88 Å². The molecule has 1 aliphatic rings. The van der Waals surface area contributed by atoms with Gasteiger partial charge in [-0.05, 0) is 62.7 Å². The van der Waals surface area contributed by atoms with Crippen LogP contribution in [0.1, 0.15) is 36.5 Å². The average Bonchev–Trinajstić information content (AvgIpc) is 3.43. The van der Waals surface area contributed by atoms with Crippen LogP contribution in [0.4, 0.5) is 10.3 Å². The van der Waals surface area contributed by atoms with Crippen molar-refractivity contribution in [3.63, 3.8) is 0 Å². The summed E-state index contributed by atoms with van der Waals surface area (Å²) < 4.78 is 21.8. The first-order valence-electron chi connectivity index (χ1n) is 11.5. The molecule has 3 aromatic heterocycles. The van der Waals surface area contributed by atoms with E-state index in [1.807, 2.05) is 19.9 Å². The number of ether oxygens (including phenoxy) is 1. The first-order chi connectivity index (χ1) is 17.1. The third kappa shape index (κ3) is 4.43. The molecule has 0 fully saturated rings. The predicted octanol–water partition coefficient (Wildman–Crippen LogP) is 4.72. The van der Waals surface area contributed by atoms with E-state index in [4.69, 9.17) is 14.7 Å². The van der Waals surface area contributed by atoms with Gasteiger partial charge in [-0.15, -0.1) is 0 Å². The fourth-order valence-electron chi connectivity index (χ4n) is 4.32. The zero-order valence-electron chi connectivity index (χ0n) is 19.5. The largest absolute Gasteiger partial charge is 0.475 e. The van der Waals surface area contributed by atoms with Crippen molar-refractivity contribution in [2.24, 2.45) is 0 Å². The first kappa shape index (κ1) is 22.5. The van der Waals surface area contributed by atoms with Crippen molar-refractivity contribution in [1.29, 1.82) is 5.26 Å². The van der Waals surface area contributed by atoms with Crippen molar-refractivity contribution >= 4 is 5.95 Å². The van der Waals surface area contributed by atoms with E-state index in [1.165, 1.54) is 12.1 Å². The molecule has 0 aliphatic carbocycles. The molecule has 1 N–H and O–H groups in total. The third-order valence-corrected chi connectivity index (χ3v) is 5.93. The van der Waals surface area contributed by atoms with Crippen molar-refractivity contribution in [2.75, 3.05) is 18.5 Å². The SMILES string of the molecule is CCNc1nccc(-c2c(-c3ccc(F)cc3)nc3n2C(COc2nc(C)ccc2C#N)CC3)n1. The number of benzene rings is 1. The van der Waals surface area contributed by atoms with Gasteiger partial charge in [-0.3, -0.25) is 0 Å². The molecule has 1 unspecified atom stereocenters. The summed E-state index contributed by atoms with van der Waals surface area (Å²) in [7, 11) is 0. The molecule has 8 nitrogen and oxygen atoms in total. The van der Waals surface area contributed by atoms with Gasteiger partial charge < -0.3 is 14.6 Å². The Morgan fingerprint density at radius 2 is 1.97 bits per heavy atom. The number of pyridine rings is 1. The second-order valence-corrected chi connectivity index (χ2v) is 8.32. The second kappa shape index (κ2) is 9.50. The van der Waals surface area contributed by atoms with E-state index >= 15 is 0 Å². The molecule has 9 heteroatoms. The maximum Gasteiger partial charge on any atom is 0.231 e. The molecule has 0 amide bonds. The van der Waals surface area contributed by atoms with Crippen LogP contribution in [0, 0.1) is 24.1 Å². The van der Waals surface area contributed by atoms with Gasteiger partial charge in [-0.1, -0.05) is 0 Å². The van der Waals surface area contributed by atoms with E-state index in [0.29, 0.717) is 36.2 Å². The molecule has 5 rings (SSSR count). The number of imidazole rings is 1. The minimum atomic E-state index is -0.302. The number of hydrogen-bond donors (Lipinski definition) is 1. The van der Waals surface area contributed by atoms with Crippen LogP contribution in [0.25, 0.3) is 22.6 Å². The molecule has 0 bridgehead atoms. The van der Waals surface area contributed by atoms with Gasteiger partial charge in [0, 0.05) is 30.4 Å². The molecule has 176 valence electrons. The normalized spacial score (nSPS) is 14.4. The lowest BCUT2D eigenvalue weighted by atomic mass is 10.1. The average molecular weight is 470 g/mol. The van der Waals surface area contributed by atoms with Crippen molar-refractivity contribution in [1.82, 2.24) is 24.5 Å². The Hall–Kier alpha value is -4.32. The van der Waals surface area contributed by atoms with E-state index in [-0.39, 0.29) is 11.9 Å². The van der Waals surface area contributed by atoms with Crippen molar-refractivity contribution in [3.05, 3.63) is 71.6 Å². The van der Waals surface area contributed by atoms with Gasteiger partial charge in [0.1, 0.15) is 29.9 Å². The summed E-state index contributed by atoms with van der Waals surface area (Å²) in [6.45, 7) is 4.87. The summed E-state index contributed by atoms with van der Waals surface area (Å²) in [5.74, 6) is 1.47. The lowest BCUT2D eigenvalue weighted by Gasteiger charge is -2.18. The first-order valence-corrected chi connectivity index (χ1v) is 11.5. The molecule has 1 atom stereocenters. The molecule has 0 saturated carbocycles. The van der Waals surface area contributed by atoms with Crippen LogP contribution in [-0.4, -0.2) is 37.7 Å². The van der Waals surface area contributed by atoms with Crippen LogP contribution in [-0.2, 0) is 6.42 Å². The molecule has 1 aliphatic heterocycles. The zero-order chi connectivity index (χ0) is 24.4. The molecular formula is C26H24FN7O. The number of rotatable bonds is 7. The van der Waals surface area contributed by atoms with Crippen molar-refractivity contribution in [2.45, 2.75) is 32.7 Å². The van der Waals surface area contributed by atoms with Gasteiger partial charge in [-0.25, -0.2) is 24.3 Å². The number of halogens is 1. The number of aromatic nitrogens is 5. The Morgan fingerprint density at radius 1 is 1.14 bits per heavy atom. The topological polar surface area (TPSA) is 102 Å².